The Morgan fingerprint density at radius 1 is 1.45 bits per heavy atom. The highest BCUT2D eigenvalue weighted by Gasteiger charge is 2.15. The third kappa shape index (κ3) is 3.03. The van der Waals surface area contributed by atoms with Crippen LogP contribution in [0.3, 0.4) is 0 Å². The summed E-state index contributed by atoms with van der Waals surface area (Å²) in [5.41, 5.74) is 7.81. The fourth-order valence-electron chi connectivity index (χ4n) is 1.93. The Labute approximate surface area is 118 Å². The van der Waals surface area contributed by atoms with E-state index in [1.807, 2.05) is 26.0 Å². The summed E-state index contributed by atoms with van der Waals surface area (Å²) in [6.45, 7) is 5.11. The van der Waals surface area contributed by atoms with Gasteiger partial charge in [0.15, 0.2) is 0 Å². The molecule has 0 atom stereocenters. The van der Waals surface area contributed by atoms with E-state index in [0.29, 0.717) is 17.9 Å². The van der Waals surface area contributed by atoms with Gasteiger partial charge in [0.1, 0.15) is 5.82 Å². The number of nitrogens with one attached hydrogen (secondary N) is 1. The van der Waals surface area contributed by atoms with Crippen LogP contribution >= 0.6 is 0 Å². The van der Waals surface area contributed by atoms with Crippen LogP contribution in [0.1, 0.15) is 28.0 Å². The lowest BCUT2D eigenvalue weighted by atomic mass is 10.2. The zero-order valence-corrected chi connectivity index (χ0v) is 11.8. The topological polar surface area (TPSA) is 85.8 Å². The van der Waals surface area contributed by atoms with E-state index in [4.69, 9.17) is 5.73 Å². The summed E-state index contributed by atoms with van der Waals surface area (Å²) in [4.78, 5) is 16.4. The molecule has 2 heterocycles. The second kappa shape index (κ2) is 6.29. The minimum Gasteiger partial charge on any atom is -0.330 e. The summed E-state index contributed by atoms with van der Waals surface area (Å²) in [5, 5.41) is 7.03. The lowest BCUT2D eigenvalue weighted by Crippen LogP contribution is -2.15. The first-order valence-corrected chi connectivity index (χ1v) is 6.59. The molecular formula is C14H19N5O. The normalized spacial score (nSPS) is 10.6. The Kier molecular flexibility index (Phi) is 4.47. The first-order chi connectivity index (χ1) is 9.63. The molecule has 0 fully saturated rings. The molecule has 0 aliphatic rings. The molecule has 106 valence electrons. The number of aromatic nitrogens is 3. The van der Waals surface area contributed by atoms with Gasteiger partial charge in [0.05, 0.1) is 11.8 Å². The van der Waals surface area contributed by atoms with Crippen molar-refractivity contribution in [3.8, 4) is 0 Å². The van der Waals surface area contributed by atoms with Gasteiger partial charge in [0.2, 0.25) is 0 Å². The van der Waals surface area contributed by atoms with Gasteiger partial charge < -0.3 is 11.1 Å². The molecule has 2 aromatic rings. The van der Waals surface area contributed by atoms with Crippen LogP contribution in [0.2, 0.25) is 0 Å². The second-order valence-electron chi connectivity index (χ2n) is 4.63. The number of hydrogen-bond acceptors (Lipinski definition) is 4. The predicted molar refractivity (Wildman–Crippen MR) is 77.6 cm³/mol. The van der Waals surface area contributed by atoms with Gasteiger partial charge in [-0.05, 0) is 38.4 Å². The molecule has 3 N–H and O–H groups in total. The van der Waals surface area contributed by atoms with Gasteiger partial charge in [-0.3, -0.25) is 9.48 Å². The number of nitrogens with two attached hydrogens (primary N) is 1. The summed E-state index contributed by atoms with van der Waals surface area (Å²) in [6, 6.07) is 3.74. The molecule has 20 heavy (non-hydrogen) atoms. The molecular weight excluding hydrogens is 254 g/mol. The molecule has 6 heteroatoms. The molecule has 2 aromatic heterocycles. The summed E-state index contributed by atoms with van der Waals surface area (Å²) >= 11 is 0. The molecule has 0 bridgehead atoms. The van der Waals surface area contributed by atoms with Crippen molar-refractivity contribution in [1.29, 1.82) is 0 Å². The third-order valence-electron chi connectivity index (χ3n) is 3.16. The maximum absolute atomic E-state index is 12.2. The molecule has 0 radical (unpaired) electrons. The van der Waals surface area contributed by atoms with Gasteiger partial charge in [-0.25, -0.2) is 4.98 Å². The van der Waals surface area contributed by atoms with Crippen molar-refractivity contribution >= 4 is 11.7 Å². The molecule has 0 spiro atoms. The van der Waals surface area contributed by atoms with Crippen LogP contribution in [-0.2, 0) is 6.54 Å². The fourth-order valence-corrected chi connectivity index (χ4v) is 1.93. The highest BCUT2D eigenvalue weighted by atomic mass is 16.1. The summed E-state index contributed by atoms with van der Waals surface area (Å²) in [7, 11) is 0. The molecule has 2 rings (SSSR count). The van der Waals surface area contributed by atoms with Crippen molar-refractivity contribution in [2.24, 2.45) is 5.73 Å². The fraction of sp³-hybridized carbons (Fsp3) is 0.357. The quantitative estimate of drug-likeness (QED) is 0.864. The molecule has 0 aliphatic heterocycles. The van der Waals surface area contributed by atoms with E-state index in [1.165, 1.54) is 0 Å². The molecule has 6 nitrogen and oxygen atoms in total. The molecule has 0 aliphatic carbocycles. The van der Waals surface area contributed by atoms with Crippen LogP contribution in [0.25, 0.3) is 0 Å². The van der Waals surface area contributed by atoms with E-state index in [2.05, 4.69) is 15.4 Å². The van der Waals surface area contributed by atoms with Gasteiger partial charge in [-0.2, -0.15) is 5.10 Å². The maximum Gasteiger partial charge on any atom is 0.260 e. The van der Waals surface area contributed by atoms with Gasteiger partial charge >= 0.3 is 0 Å². The molecule has 1 amide bonds. The van der Waals surface area contributed by atoms with Crippen LogP contribution in [0.4, 0.5) is 5.82 Å². The number of aryl methyl sites for hydroxylation is 2. The summed E-state index contributed by atoms with van der Waals surface area (Å²) < 4.78 is 1.80. The minimum atomic E-state index is -0.191. The summed E-state index contributed by atoms with van der Waals surface area (Å²) in [5.74, 6) is 0.384. The first kappa shape index (κ1) is 14.2. The monoisotopic (exact) mass is 273 g/mol. The van der Waals surface area contributed by atoms with Crippen LogP contribution in [0.15, 0.2) is 24.5 Å². The lowest BCUT2D eigenvalue weighted by Gasteiger charge is -2.07. The Balaban J connectivity index is 2.14. The van der Waals surface area contributed by atoms with Crippen molar-refractivity contribution in [2.75, 3.05) is 11.9 Å². The van der Waals surface area contributed by atoms with Gasteiger partial charge in [0, 0.05) is 18.4 Å². The number of nitrogens with zero attached hydrogens (tertiary/aromatic N) is 3. The zero-order chi connectivity index (χ0) is 14.5. The van der Waals surface area contributed by atoms with Gasteiger partial charge in [0.25, 0.3) is 5.91 Å². The summed E-state index contributed by atoms with van der Waals surface area (Å²) in [6.07, 6.45) is 4.07. The van der Waals surface area contributed by atoms with Crippen LogP contribution in [0.5, 0.6) is 0 Å². The standard InChI is InChI=1S/C14H19N5O/c1-10-5-3-7-16-13(10)18-14(20)12-9-17-19(11(12)2)8-4-6-15/h3,5,7,9H,4,6,8,15H2,1-2H3,(H,16,18,20). The molecule has 0 saturated carbocycles. The third-order valence-corrected chi connectivity index (χ3v) is 3.16. The second-order valence-corrected chi connectivity index (χ2v) is 4.63. The van der Waals surface area contributed by atoms with E-state index < -0.39 is 0 Å². The van der Waals surface area contributed by atoms with Crippen molar-refractivity contribution < 1.29 is 4.79 Å². The Morgan fingerprint density at radius 3 is 2.95 bits per heavy atom. The minimum absolute atomic E-state index is 0.191. The number of pyridine rings is 1. The highest BCUT2D eigenvalue weighted by molar-refractivity contribution is 6.04. The Hall–Kier alpha value is -2.21. The van der Waals surface area contributed by atoms with Crippen molar-refractivity contribution in [1.82, 2.24) is 14.8 Å². The average Bonchev–Trinajstić information content (AvgIpc) is 2.80. The Bertz CT molecular complexity index is 605. The number of amides is 1. The molecule has 0 unspecified atom stereocenters. The molecule has 0 aromatic carbocycles. The number of anilines is 1. The zero-order valence-electron chi connectivity index (χ0n) is 11.8. The first-order valence-electron chi connectivity index (χ1n) is 6.59. The van der Waals surface area contributed by atoms with Crippen LogP contribution in [0, 0.1) is 13.8 Å². The van der Waals surface area contributed by atoms with E-state index in [1.54, 1.807) is 17.1 Å². The Morgan fingerprint density at radius 2 is 2.25 bits per heavy atom. The van der Waals surface area contributed by atoms with E-state index in [0.717, 1.165) is 24.2 Å². The lowest BCUT2D eigenvalue weighted by molar-refractivity contribution is 0.102. The van der Waals surface area contributed by atoms with Crippen molar-refractivity contribution in [2.45, 2.75) is 26.8 Å². The smallest absolute Gasteiger partial charge is 0.260 e. The van der Waals surface area contributed by atoms with E-state index in [9.17, 15) is 4.79 Å². The van der Waals surface area contributed by atoms with Crippen molar-refractivity contribution in [3.05, 3.63) is 41.3 Å². The number of hydrogen-bond donors (Lipinski definition) is 2. The molecule has 0 saturated heterocycles. The van der Waals surface area contributed by atoms with E-state index in [-0.39, 0.29) is 5.91 Å². The number of carbonyl (C=O) groups is 1. The van der Waals surface area contributed by atoms with Gasteiger partial charge in [-0.15, -0.1) is 0 Å². The van der Waals surface area contributed by atoms with Crippen LogP contribution in [-0.4, -0.2) is 27.2 Å². The SMILES string of the molecule is Cc1cccnc1NC(=O)c1cnn(CCCN)c1C. The highest BCUT2D eigenvalue weighted by Crippen LogP contribution is 2.13. The van der Waals surface area contributed by atoms with Gasteiger partial charge in [-0.1, -0.05) is 6.07 Å². The van der Waals surface area contributed by atoms with E-state index >= 15 is 0 Å². The maximum atomic E-state index is 12.2. The van der Waals surface area contributed by atoms with Crippen molar-refractivity contribution in [3.63, 3.8) is 0 Å². The predicted octanol–water partition coefficient (Wildman–Crippen LogP) is 1.50. The van der Waals surface area contributed by atoms with Crippen LogP contribution < -0.4 is 11.1 Å². The largest absolute Gasteiger partial charge is 0.330 e. The number of rotatable bonds is 5. The number of carbonyl (C=O) groups excluding carboxylic acids is 1. The average molecular weight is 273 g/mol.